The Kier molecular flexibility index (Phi) is 6.69. The van der Waals surface area contributed by atoms with Gasteiger partial charge in [0.05, 0.1) is 6.04 Å². The molecule has 5 nitrogen and oxygen atoms in total. The maximum Gasteiger partial charge on any atom is 0.315 e. The van der Waals surface area contributed by atoms with E-state index >= 15 is 0 Å². The summed E-state index contributed by atoms with van der Waals surface area (Å²) in [6, 6.07) is 17.8. The van der Waals surface area contributed by atoms with Gasteiger partial charge in [-0.3, -0.25) is 4.79 Å². The number of amides is 3. The van der Waals surface area contributed by atoms with Crippen LogP contribution in [0, 0.1) is 5.92 Å². The second-order valence-corrected chi connectivity index (χ2v) is 7.65. The summed E-state index contributed by atoms with van der Waals surface area (Å²) in [6.45, 7) is 6.05. The summed E-state index contributed by atoms with van der Waals surface area (Å²) in [6.07, 6.45) is 1.57. The zero-order valence-electron chi connectivity index (χ0n) is 16.7. The maximum atomic E-state index is 12.5. The van der Waals surface area contributed by atoms with Gasteiger partial charge >= 0.3 is 6.03 Å². The van der Waals surface area contributed by atoms with Crippen molar-refractivity contribution in [3.05, 3.63) is 71.3 Å². The summed E-state index contributed by atoms with van der Waals surface area (Å²) in [7, 11) is 0. The van der Waals surface area contributed by atoms with Gasteiger partial charge in [0.2, 0.25) is 5.91 Å². The molecule has 1 atom stereocenters. The summed E-state index contributed by atoms with van der Waals surface area (Å²) in [5.41, 5.74) is 3.22. The zero-order chi connectivity index (χ0) is 19.9. The fraction of sp³-hybridized carbons (Fsp3) is 0.391. The second kappa shape index (κ2) is 9.40. The van der Waals surface area contributed by atoms with Gasteiger partial charge in [0.1, 0.15) is 0 Å². The first-order valence-corrected chi connectivity index (χ1v) is 9.98. The molecular weight excluding hydrogens is 350 g/mol. The number of nitrogens with zero attached hydrogens (tertiary/aromatic N) is 1. The quantitative estimate of drug-likeness (QED) is 0.764. The monoisotopic (exact) mass is 379 g/mol. The van der Waals surface area contributed by atoms with Crippen LogP contribution in [0.25, 0.3) is 0 Å². The van der Waals surface area contributed by atoms with E-state index in [4.69, 9.17) is 0 Å². The fourth-order valence-electron chi connectivity index (χ4n) is 3.62. The van der Waals surface area contributed by atoms with E-state index in [1.54, 1.807) is 0 Å². The van der Waals surface area contributed by atoms with Crippen molar-refractivity contribution in [3.8, 4) is 0 Å². The predicted octanol–water partition coefficient (Wildman–Crippen LogP) is 4.01. The third kappa shape index (κ3) is 5.12. The molecule has 1 aliphatic rings. The molecule has 148 valence electrons. The van der Waals surface area contributed by atoms with Crippen molar-refractivity contribution in [1.29, 1.82) is 0 Å². The molecule has 0 bridgehead atoms. The molecule has 1 aliphatic heterocycles. The Morgan fingerprint density at radius 1 is 1.04 bits per heavy atom. The van der Waals surface area contributed by atoms with E-state index in [0.717, 1.165) is 29.7 Å². The number of carbonyl (C=O) groups is 2. The first-order chi connectivity index (χ1) is 13.5. The van der Waals surface area contributed by atoms with E-state index in [-0.39, 0.29) is 23.9 Å². The summed E-state index contributed by atoms with van der Waals surface area (Å²) in [5, 5.41) is 6.07. The SMILES string of the molecule is CC(C)[C@H](NC(=O)NCc1ccccc1CN1CCCC1=O)c1ccccc1. The zero-order valence-corrected chi connectivity index (χ0v) is 16.7. The lowest BCUT2D eigenvalue weighted by Crippen LogP contribution is -2.39. The summed E-state index contributed by atoms with van der Waals surface area (Å²) in [5.74, 6) is 0.491. The van der Waals surface area contributed by atoms with Crippen molar-refractivity contribution < 1.29 is 9.59 Å². The molecule has 1 heterocycles. The van der Waals surface area contributed by atoms with Crippen LogP contribution in [0.2, 0.25) is 0 Å². The van der Waals surface area contributed by atoms with Crippen molar-refractivity contribution in [3.63, 3.8) is 0 Å². The average Bonchev–Trinajstić information content (AvgIpc) is 3.10. The molecule has 0 aliphatic carbocycles. The van der Waals surface area contributed by atoms with Crippen molar-refractivity contribution >= 4 is 11.9 Å². The fourth-order valence-corrected chi connectivity index (χ4v) is 3.62. The Bertz CT molecular complexity index is 805. The predicted molar refractivity (Wildman–Crippen MR) is 110 cm³/mol. The van der Waals surface area contributed by atoms with E-state index < -0.39 is 0 Å². The van der Waals surface area contributed by atoms with E-state index in [1.807, 2.05) is 59.5 Å². The molecule has 3 amide bonds. The Balaban J connectivity index is 1.60. The lowest BCUT2D eigenvalue weighted by Gasteiger charge is -2.23. The molecule has 28 heavy (non-hydrogen) atoms. The van der Waals surface area contributed by atoms with Crippen molar-refractivity contribution in [2.24, 2.45) is 5.92 Å². The molecule has 2 aromatic carbocycles. The normalized spacial score (nSPS) is 15.0. The van der Waals surface area contributed by atoms with Crippen LogP contribution in [0.5, 0.6) is 0 Å². The number of carbonyl (C=O) groups excluding carboxylic acids is 2. The number of hydrogen-bond acceptors (Lipinski definition) is 2. The number of rotatable bonds is 7. The third-order valence-electron chi connectivity index (χ3n) is 5.20. The van der Waals surface area contributed by atoms with Gasteiger partial charge in [-0.2, -0.15) is 0 Å². The summed E-state index contributed by atoms with van der Waals surface area (Å²) >= 11 is 0. The second-order valence-electron chi connectivity index (χ2n) is 7.65. The highest BCUT2D eigenvalue weighted by molar-refractivity contribution is 5.78. The highest BCUT2D eigenvalue weighted by Gasteiger charge is 2.21. The van der Waals surface area contributed by atoms with Crippen LogP contribution in [0.1, 0.15) is 49.4 Å². The summed E-state index contributed by atoms with van der Waals surface area (Å²) in [4.78, 5) is 26.3. The highest BCUT2D eigenvalue weighted by Crippen LogP contribution is 2.21. The standard InChI is InChI=1S/C23H29N3O2/c1-17(2)22(18-9-4-3-5-10-18)25-23(28)24-15-19-11-6-7-12-20(19)16-26-14-8-13-21(26)27/h3-7,9-12,17,22H,8,13-16H2,1-2H3,(H2,24,25,28)/t22-/m0/s1. The number of nitrogens with one attached hydrogen (secondary N) is 2. The van der Waals surface area contributed by atoms with Crippen LogP contribution in [-0.4, -0.2) is 23.4 Å². The van der Waals surface area contributed by atoms with E-state index in [9.17, 15) is 9.59 Å². The van der Waals surface area contributed by atoms with Crippen molar-refractivity contribution in [1.82, 2.24) is 15.5 Å². The topological polar surface area (TPSA) is 61.4 Å². The van der Waals surface area contributed by atoms with Crippen LogP contribution in [0.3, 0.4) is 0 Å². The molecule has 3 rings (SSSR count). The van der Waals surface area contributed by atoms with Crippen LogP contribution in [0.15, 0.2) is 54.6 Å². The molecule has 0 spiro atoms. The molecule has 2 N–H and O–H groups in total. The molecule has 0 unspecified atom stereocenters. The molecular formula is C23H29N3O2. The average molecular weight is 380 g/mol. The molecule has 1 saturated heterocycles. The van der Waals surface area contributed by atoms with Gasteiger partial charge in [0.25, 0.3) is 0 Å². The van der Waals surface area contributed by atoms with Crippen LogP contribution >= 0.6 is 0 Å². The summed E-state index contributed by atoms with van der Waals surface area (Å²) < 4.78 is 0. The minimum atomic E-state index is -0.186. The first kappa shape index (κ1) is 19.9. The molecule has 0 saturated carbocycles. The molecule has 0 radical (unpaired) electrons. The largest absolute Gasteiger partial charge is 0.338 e. The Morgan fingerprint density at radius 3 is 2.36 bits per heavy atom. The molecule has 5 heteroatoms. The maximum absolute atomic E-state index is 12.5. The van der Waals surface area contributed by atoms with Gasteiger partial charge in [-0.1, -0.05) is 68.4 Å². The van der Waals surface area contributed by atoms with E-state index in [1.165, 1.54) is 0 Å². The van der Waals surface area contributed by atoms with Crippen LogP contribution in [-0.2, 0) is 17.9 Å². The Morgan fingerprint density at radius 2 is 1.71 bits per heavy atom. The van der Waals surface area contributed by atoms with Gasteiger partial charge in [0, 0.05) is 26.1 Å². The van der Waals surface area contributed by atoms with E-state index in [2.05, 4.69) is 24.5 Å². The van der Waals surface area contributed by atoms with Gasteiger partial charge < -0.3 is 15.5 Å². The lowest BCUT2D eigenvalue weighted by atomic mass is 9.96. The Hall–Kier alpha value is -2.82. The van der Waals surface area contributed by atoms with Crippen LogP contribution < -0.4 is 10.6 Å². The molecule has 0 aromatic heterocycles. The highest BCUT2D eigenvalue weighted by atomic mass is 16.2. The number of likely N-dealkylation sites (tertiary alicyclic amines) is 1. The van der Waals surface area contributed by atoms with Gasteiger partial charge in [-0.25, -0.2) is 4.79 Å². The molecule has 1 fully saturated rings. The van der Waals surface area contributed by atoms with Crippen molar-refractivity contribution in [2.75, 3.05) is 6.54 Å². The van der Waals surface area contributed by atoms with Crippen molar-refractivity contribution in [2.45, 2.75) is 45.8 Å². The molecule has 2 aromatic rings. The minimum Gasteiger partial charge on any atom is -0.338 e. The van der Waals surface area contributed by atoms with Gasteiger partial charge in [-0.15, -0.1) is 0 Å². The number of benzene rings is 2. The Labute approximate surface area is 167 Å². The minimum absolute atomic E-state index is 0.0429. The van der Waals surface area contributed by atoms with E-state index in [0.29, 0.717) is 19.5 Å². The smallest absolute Gasteiger partial charge is 0.315 e. The third-order valence-corrected chi connectivity index (χ3v) is 5.20. The van der Waals surface area contributed by atoms with Gasteiger partial charge in [0.15, 0.2) is 0 Å². The first-order valence-electron chi connectivity index (χ1n) is 9.98. The lowest BCUT2D eigenvalue weighted by molar-refractivity contribution is -0.128. The van der Waals surface area contributed by atoms with Crippen LogP contribution in [0.4, 0.5) is 4.79 Å². The number of urea groups is 1. The number of hydrogen-bond donors (Lipinski definition) is 2. The van der Waals surface area contributed by atoms with Gasteiger partial charge in [-0.05, 0) is 29.0 Å².